The second-order valence-electron chi connectivity index (χ2n) is 4.90. The van der Waals surface area contributed by atoms with Crippen molar-refractivity contribution in [2.24, 2.45) is 0 Å². The molecule has 2 heterocycles. The van der Waals surface area contributed by atoms with E-state index in [0.717, 1.165) is 5.56 Å². The quantitative estimate of drug-likeness (QED) is 0.709. The molecule has 3 rings (SSSR count). The topological polar surface area (TPSA) is 87.0 Å². The highest BCUT2D eigenvalue weighted by molar-refractivity contribution is 5.74. The molecule has 0 spiro atoms. The van der Waals surface area contributed by atoms with Crippen LogP contribution in [0.4, 0.5) is 5.95 Å². The molecular formula is C16H18N6O2. The molecule has 0 unspecified atom stereocenters. The van der Waals surface area contributed by atoms with Crippen LogP contribution in [0.5, 0.6) is 11.5 Å². The van der Waals surface area contributed by atoms with Crippen LogP contribution in [0, 0.1) is 0 Å². The largest absolute Gasteiger partial charge is 0.496 e. The van der Waals surface area contributed by atoms with Gasteiger partial charge in [-0.1, -0.05) is 6.07 Å². The predicted octanol–water partition coefficient (Wildman–Crippen LogP) is 1.86. The summed E-state index contributed by atoms with van der Waals surface area (Å²) < 4.78 is 12.7. The fraction of sp³-hybridized carbons (Fsp3) is 0.250. The van der Waals surface area contributed by atoms with Crippen molar-refractivity contribution in [2.75, 3.05) is 26.1 Å². The summed E-state index contributed by atoms with van der Waals surface area (Å²) in [4.78, 5) is 4.50. The van der Waals surface area contributed by atoms with Crippen LogP contribution in [0.3, 0.4) is 0 Å². The van der Waals surface area contributed by atoms with E-state index in [9.17, 15) is 0 Å². The molecule has 0 radical (unpaired) electrons. The lowest BCUT2D eigenvalue weighted by Gasteiger charge is -2.12. The highest BCUT2D eigenvalue weighted by Crippen LogP contribution is 2.36. The van der Waals surface area contributed by atoms with Crippen LogP contribution in [-0.2, 0) is 6.54 Å². The zero-order chi connectivity index (χ0) is 16.8. The van der Waals surface area contributed by atoms with Crippen molar-refractivity contribution in [3.05, 3.63) is 42.9 Å². The minimum Gasteiger partial charge on any atom is -0.496 e. The summed E-state index contributed by atoms with van der Waals surface area (Å²) >= 11 is 0. The van der Waals surface area contributed by atoms with Crippen molar-refractivity contribution in [3.8, 4) is 22.8 Å². The smallest absolute Gasteiger partial charge is 0.243 e. The normalized spacial score (nSPS) is 10.4. The Bertz CT molecular complexity index is 769. The minimum absolute atomic E-state index is 0.438. The van der Waals surface area contributed by atoms with Gasteiger partial charge in [-0.15, -0.1) is 5.10 Å². The van der Waals surface area contributed by atoms with Gasteiger partial charge in [0.05, 0.1) is 32.5 Å². The second-order valence-corrected chi connectivity index (χ2v) is 4.90. The lowest BCUT2D eigenvalue weighted by Crippen LogP contribution is -2.13. The molecule has 0 saturated heterocycles. The summed E-state index contributed by atoms with van der Waals surface area (Å²) in [5.41, 5.74) is 1.37. The minimum atomic E-state index is 0.438. The molecule has 0 atom stereocenters. The second kappa shape index (κ2) is 7.40. The number of hydrogen-bond acceptors (Lipinski definition) is 7. The number of nitrogens with one attached hydrogen (secondary N) is 1. The molecule has 2 aromatic heterocycles. The highest BCUT2D eigenvalue weighted by Gasteiger charge is 2.15. The third kappa shape index (κ3) is 3.43. The Kier molecular flexibility index (Phi) is 4.85. The van der Waals surface area contributed by atoms with Gasteiger partial charge in [0.15, 0.2) is 0 Å². The van der Waals surface area contributed by atoms with E-state index in [1.807, 2.05) is 35.1 Å². The number of hydrogen-bond donors (Lipinski definition) is 1. The Morgan fingerprint density at radius 2 is 1.92 bits per heavy atom. The van der Waals surface area contributed by atoms with E-state index >= 15 is 0 Å². The molecule has 0 aliphatic rings. The Labute approximate surface area is 139 Å². The van der Waals surface area contributed by atoms with E-state index < -0.39 is 0 Å². The average molecular weight is 326 g/mol. The number of anilines is 1. The molecular weight excluding hydrogens is 308 g/mol. The molecule has 1 N–H and O–H groups in total. The van der Waals surface area contributed by atoms with Crippen LogP contribution in [-0.4, -0.2) is 45.7 Å². The van der Waals surface area contributed by atoms with E-state index in [4.69, 9.17) is 9.47 Å². The Morgan fingerprint density at radius 3 is 2.58 bits per heavy atom. The Hall–Kier alpha value is -3.16. The van der Waals surface area contributed by atoms with Gasteiger partial charge in [0.2, 0.25) is 5.95 Å². The summed E-state index contributed by atoms with van der Waals surface area (Å²) in [7, 11) is 3.21. The van der Waals surface area contributed by atoms with Crippen LogP contribution < -0.4 is 14.8 Å². The van der Waals surface area contributed by atoms with E-state index in [-0.39, 0.29) is 0 Å². The fourth-order valence-corrected chi connectivity index (χ4v) is 2.32. The lowest BCUT2D eigenvalue weighted by atomic mass is 10.1. The van der Waals surface area contributed by atoms with Gasteiger partial charge in [0.1, 0.15) is 17.2 Å². The molecule has 0 saturated carbocycles. The van der Waals surface area contributed by atoms with Gasteiger partial charge in [0, 0.05) is 18.9 Å². The third-order valence-corrected chi connectivity index (χ3v) is 3.43. The number of aromatic nitrogens is 5. The first-order valence-electron chi connectivity index (χ1n) is 7.44. The summed E-state index contributed by atoms with van der Waals surface area (Å²) in [5, 5.41) is 15.3. The summed E-state index contributed by atoms with van der Waals surface area (Å²) in [6, 6.07) is 7.45. The van der Waals surface area contributed by atoms with Gasteiger partial charge in [-0.3, -0.25) is 4.68 Å². The fourth-order valence-electron chi connectivity index (χ4n) is 2.32. The highest BCUT2D eigenvalue weighted by atomic mass is 16.5. The van der Waals surface area contributed by atoms with Crippen molar-refractivity contribution >= 4 is 5.95 Å². The Balaban J connectivity index is 1.80. The van der Waals surface area contributed by atoms with Crippen LogP contribution in [0.25, 0.3) is 11.3 Å². The summed E-state index contributed by atoms with van der Waals surface area (Å²) in [5.74, 6) is 1.77. The van der Waals surface area contributed by atoms with Crippen LogP contribution in [0.1, 0.15) is 0 Å². The molecule has 0 aliphatic heterocycles. The SMILES string of the molecule is COc1cccc(OC)c1-c1cnnc(NCCn2cccn2)n1. The average Bonchev–Trinajstić information content (AvgIpc) is 3.14. The molecule has 0 fully saturated rings. The van der Waals surface area contributed by atoms with Gasteiger partial charge in [0.25, 0.3) is 0 Å². The van der Waals surface area contributed by atoms with Gasteiger partial charge >= 0.3 is 0 Å². The summed E-state index contributed by atoms with van der Waals surface area (Å²) in [6.07, 6.45) is 5.22. The molecule has 8 nitrogen and oxygen atoms in total. The zero-order valence-electron chi connectivity index (χ0n) is 13.5. The lowest BCUT2D eigenvalue weighted by molar-refractivity contribution is 0.397. The molecule has 124 valence electrons. The van der Waals surface area contributed by atoms with Crippen molar-refractivity contribution in [2.45, 2.75) is 6.54 Å². The van der Waals surface area contributed by atoms with Gasteiger partial charge in [-0.2, -0.15) is 10.2 Å². The molecule has 0 aliphatic carbocycles. The maximum atomic E-state index is 5.41. The maximum absolute atomic E-state index is 5.41. The molecule has 0 bridgehead atoms. The monoisotopic (exact) mass is 326 g/mol. The molecule has 24 heavy (non-hydrogen) atoms. The standard InChI is InChI=1S/C16H18N6O2/c1-23-13-5-3-6-14(24-2)15(13)12-11-18-21-16(20-12)17-8-10-22-9-4-7-19-22/h3-7,9,11H,8,10H2,1-2H3,(H,17,20,21). The first-order chi connectivity index (χ1) is 11.8. The molecule has 3 aromatic rings. The predicted molar refractivity (Wildman–Crippen MR) is 89.1 cm³/mol. The van der Waals surface area contributed by atoms with E-state index in [1.165, 1.54) is 0 Å². The number of rotatable bonds is 7. The van der Waals surface area contributed by atoms with E-state index in [1.54, 1.807) is 26.6 Å². The van der Waals surface area contributed by atoms with Crippen LogP contribution >= 0.6 is 0 Å². The van der Waals surface area contributed by atoms with Crippen LogP contribution in [0.2, 0.25) is 0 Å². The Morgan fingerprint density at radius 1 is 1.12 bits per heavy atom. The van der Waals surface area contributed by atoms with Crippen molar-refractivity contribution < 1.29 is 9.47 Å². The van der Waals surface area contributed by atoms with Gasteiger partial charge in [-0.05, 0) is 18.2 Å². The van der Waals surface area contributed by atoms with Crippen LogP contribution in [0.15, 0.2) is 42.9 Å². The summed E-state index contributed by atoms with van der Waals surface area (Å²) in [6.45, 7) is 1.34. The van der Waals surface area contributed by atoms with Gasteiger partial charge in [-0.25, -0.2) is 4.98 Å². The first-order valence-corrected chi connectivity index (χ1v) is 7.44. The molecule has 0 amide bonds. The molecule has 8 heteroatoms. The van der Waals surface area contributed by atoms with Crippen molar-refractivity contribution in [1.82, 2.24) is 25.0 Å². The number of nitrogens with zero attached hydrogens (tertiary/aromatic N) is 5. The van der Waals surface area contributed by atoms with Crippen molar-refractivity contribution in [3.63, 3.8) is 0 Å². The maximum Gasteiger partial charge on any atom is 0.243 e. The third-order valence-electron chi connectivity index (χ3n) is 3.43. The number of benzene rings is 1. The van der Waals surface area contributed by atoms with E-state index in [2.05, 4.69) is 25.6 Å². The first kappa shape index (κ1) is 15.7. The van der Waals surface area contributed by atoms with E-state index in [0.29, 0.717) is 36.2 Å². The molecule has 1 aromatic carbocycles. The zero-order valence-corrected chi connectivity index (χ0v) is 13.5. The number of methoxy groups -OCH3 is 2. The van der Waals surface area contributed by atoms with Gasteiger partial charge < -0.3 is 14.8 Å². The number of ether oxygens (including phenoxy) is 2. The van der Waals surface area contributed by atoms with Crippen molar-refractivity contribution in [1.29, 1.82) is 0 Å².